The van der Waals surface area contributed by atoms with Gasteiger partial charge >= 0.3 is 0 Å². The van der Waals surface area contributed by atoms with E-state index in [4.69, 9.17) is 0 Å². The summed E-state index contributed by atoms with van der Waals surface area (Å²) in [6, 6.07) is 3.97. The molecule has 1 aliphatic carbocycles. The average Bonchev–Trinajstić information content (AvgIpc) is 2.95. The Hall–Kier alpha value is -1.56. The van der Waals surface area contributed by atoms with Crippen molar-refractivity contribution in [3.8, 4) is 5.75 Å². The second-order valence-electron chi connectivity index (χ2n) is 5.05. The van der Waals surface area contributed by atoms with Gasteiger partial charge < -0.3 is 10.4 Å². The first kappa shape index (κ1) is 14.8. The van der Waals surface area contributed by atoms with Crippen LogP contribution in [0, 0.1) is 5.92 Å². The molecule has 1 aromatic carbocycles. The molecular formula is C14H19NO4S. The van der Waals surface area contributed by atoms with E-state index in [0.29, 0.717) is 0 Å². The summed E-state index contributed by atoms with van der Waals surface area (Å²) in [5.41, 5.74) is 0.163. The zero-order valence-corrected chi connectivity index (χ0v) is 12.2. The Morgan fingerprint density at radius 2 is 2.00 bits per heavy atom. The van der Waals surface area contributed by atoms with E-state index in [1.165, 1.54) is 18.2 Å². The molecule has 1 saturated carbocycles. The second kappa shape index (κ2) is 5.83. The molecule has 1 aromatic rings. The molecule has 0 aromatic heterocycles. The van der Waals surface area contributed by atoms with Crippen molar-refractivity contribution in [3.05, 3.63) is 18.2 Å². The summed E-state index contributed by atoms with van der Waals surface area (Å²) in [5, 5.41) is 12.4. The number of phenols is 1. The fraction of sp³-hybridized carbons (Fsp3) is 0.500. The Balaban J connectivity index is 2.23. The number of hydrogen-bond acceptors (Lipinski definition) is 4. The van der Waals surface area contributed by atoms with Crippen LogP contribution in [0.5, 0.6) is 5.75 Å². The molecule has 0 heterocycles. The fourth-order valence-electron chi connectivity index (χ4n) is 2.40. The van der Waals surface area contributed by atoms with Crippen LogP contribution >= 0.6 is 0 Å². The lowest BCUT2D eigenvalue weighted by atomic mass is 10.1. The van der Waals surface area contributed by atoms with Crippen LogP contribution in [0.2, 0.25) is 0 Å². The highest BCUT2D eigenvalue weighted by Crippen LogP contribution is 2.30. The number of nitrogens with one attached hydrogen (secondary N) is 1. The van der Waals surface area contributed by atoms with Crippen molar-refractivity contribution in [3.63, 3.8) is 0 Å². The summed E-state index contributed by atoms with van der Waals surface area (Å²) in [4.78, 5) is 12.1. The minimum absolute atomic E-state index is 0.0201. The predicted molar refractivity (Wildman–Crippen MR) is 76.4 cm³/mol. The van der Waals surface area contributed by atoms with Gasteiger partial charge in [-0.15, -0.1) is 0 Å². The largest absolute Gasteiger partial charge is 0.506 e. The van der Waals surface area contributed by atoms with E-state index in [0.717, 1.165) is 25.7 Å². The summed E-state index contributed by atoms with van der Waals surface area (Å²) in [7, 11) is -3.35. The fourth-order valence-corrected chi connectivity index (χ4v) is 3.30. The van der Waals surface area contributed by atoms with E-state index < -0.39 is 9.84 Å². The number of rotatable bonds is 4. The first-order valence-electron chi connectivity index (χ1n) is 6.80. The van der Waals surface area contributed by atoms with Gasteiger partial charge in [0.2, 0.25) is 5.91 Å². The van der Waals surface area contributed by atoms with Crippen LogP contribution in [0.4, 0.5) is 5.69 Å². The number of sulfone groups is 1. The van der Waals surface area contributed by atoms with E-state index in [9.17, 15) is 18.3 Å². The van der Waals surface area contributed by atoms with E-state index >= 15 is 0 Å². The van der Waals surface area contributed by atoms with Crippen molar-refractivity contribution in [2.75, 3.05) is 11.1 Å². The number of carbonyl (C=O) groups is 1. The van der Waals surface area contributed by atoms with Gasteiger partial charge in [-0.1, -0.05) is 19.8 Å². The van der Waals surface area contributed by atoms with Crippen LogP contribution in [0.25, 0.3) is 0 Å². The lowest BCUT2D eigenvalue weighted by Gasteiger charge is -2.12. The van der Waals surface area contributed by atoms with Gasteiger partial charge in [0.05, 0.1) is 16.3 Å². The molecule has 0 spiro atoms. The maximum atomic E-state index is 12.0. The molecule has 20 heavy (non-hydrogen) atoms. The lowest BCUT2D eigenvalue weighted by molar-refractivity contribution is -0.119. The van der Waals surface area contributed by atoms with Crippen LogP contribution in [0.3, 0.4) is 0 Å². The summed E-state index contributed by atoms with van der Waals surface area (Å²) < 4.78 is 23.6. The van der Waals surface area contributed by atoms with E-state index in [-0.39, 0.29) is 33.9 Å². The van der Waals surface area contributed by atoms with Crippen molar-refractivity contribution >= 4 is 21.4 Å². The number of phenolic OH excluding ortho intramolecular Hbond substituents is 1. The zero-order chi connectivity index (χ0) is 14.8. The van der Waals surface area contributed by atoms with E-state index in [2.05, 4.69) is 5.32 Å². The smallest absolute Gasteiger partial charge is 0.227 e. The zero-order valence-electron chi connectivity index (χ0n) is 11.4. The highest BCUT2D eigenvalue weighted by Gasteiger charge is 2.24. The van der Waals surface area contributed by atoms with Crippen molar-refractivity contribution in [2.45, 2.75) is 37.5 Å². The highest BCUT2D eigenvalue weighted by molar-refractivity contribution is 7.91. The second-order valence-corrected chi connectivity index (χ2v) is 7.33. The molecule has 1 aliphatic rings. The van der Waals surface area contributed by atoms with Gasteiger partial charge in [0.15, 0.2) is 9.84 Å². The first-order valence-corrected chi connectivity index (χ1v) is 8.46. The number of carbonyl (C=O) groups excluding carboxylic acids is 1. The first-order chi connectivity index (χ1) is 9.44. The molecule has 0 atom stereocenters. The summed E-state index contributed by atoms with van der Waals surface area (Å²) >= 11 is 0. The summed E-state index contributed by atoms with van der Waals surface area (Å²) in [6.07, 6.45) is 3.77. The Bertz CT molecular complexity index is 604. The molecule has 0 aliphatic heterocycles. The van der Waals surface area contributed by atoms with E-state index in [1.54, 1.807) is 6.92 Å². The van der Waals surface area contributed by atoms with Crippen molar-refractivity contribution in [2.24, 2.45) is 5.92 Å². The van der Waals surface area contributed by atoms with E-state index in [1.807, 2.05) is 0 Å². The van der Waals surface area contributed by atoms with Gasteiger partial charge in [0, 0.05) is 5.92 Å². The topological polar surface area (TPSA) is 83.5 Å². The highest BCUT2D eigenvalue weighted by atomic mass is 32.2. The third-order valence-corrected chi connectivity index (χ3v) is 5.42. The van der Waals surface area contributed by atoms with Crippen LogP contribution in [-0.4, -0.2) is 25.2 Å². The number of amides is 1. The molecule has 6 heteroatoms. The molecule has 2 N–H and O–H groups in total. The molecule has 0 bridgehead atoms. The summed E-state index contributed by atoms with van der Waals surface area (Å²) in [6.45, 7) is 1.55. The SMILES string of the molecule is CCS(=O)(=O)c1ccc(O)c(NC(=O)C2CCCC2)c1. The van der Waals surface area contributed by atoms with Crippen LogP contribution in [0.1, 0.15) is 32.6 Å². The minimum Gasteiger partial charge on any atom is -0.506 e. The van der Waals surface area contributed by atoms with Gasteiger partial charge in [-0.25, -0.2) is 8.42 Å². The molecule has 0 unspecified atom stereocenters. The van der Waals surface area contributed by atoms with Gasteiger partial charge in [0.25, 0.3) is 0 Å². The Morgan fingerprint density at radius 1 is 1.35 bits per heavy atom. The Kier molecular flexibility index (Phi) is 4.32. The number of hydrogen-bond donors (Lipinski definition) is 2. The number of benzene rings is 1. The van der Waals surface area contributed by atoms with Gasteiger partial charge in [0.1, 0.15) is 5.75 Å². The molecule has 1 amide bonds. The van der Waals surface area contributed by atoms with Gasteiger partial charge in [-0.2, -0.15) is 0 Å². The third-order valence-electron chi connectivity index (χ3n) is 3.69. The molecule has 110 valence electrons. The van der Waals surface area contributed by atoms with Gasteiger partial charge in [-0.3, -0.25) is 4.79 Å². The van der Waals surface area contributed by atoms with Crippen molar-refractivity contribution < 1.29 is 18.3 Å². The van der Waals surface area contributed by atoms with Crippen molar-refractivity contribution in [1.29, 1.82) is 0 Å². The standard InChI is InChI=1S/C14H19NO4S/c1-2-20(18,19)11-7-8-13(16)12(9-11)15-14(17)10-5-3-4-6-10/h7-10,16H,2-6H2,1H3,(H,15,17). The number of aromatic hydroxyl groups is 1. The molecule has 0 radical (unpaired) electrons. The molecule has 2 rings (SSSR count). The van der Waals surface area contributed by atoms with Crippen LogP contribution in [-0.2, 0) is 14.6 Å². The van der Waals surface area contributed by atoms with Crippen molar-refractivity contribution in [1.82, 2.24) is 0 Å². The Morgan fingerprint density at radius 3 is 2.60 bits per heavy atom. The molecule has 5 nitrogen and oxygen atoms in total. The summed E-state index contributed by atoms with van der Waals surface area (Å²) in [5.74, 6) is -0.329. The quantitative estimate of drug-likeness (QED) is 0.835. The monoisotopic (exact) mass is 297 g/mol. The van der Waals surface area contributed by atoms with Crippen LogP contribution < -0.4 is 5.32 Å². The molecular weight excluding hydrogens is 278 g/mol. The third kappa shape index (κ3) is 3.12. The van der Waals surface area contributed by atoms with Crippen LogP contribution in [0.15, 0.2) is 23.1 Å². The Labute approximate surface area is 118 Å². The molecule has 1 fully saturated rings. The lowest BCUT2D eigenvalue weighted by Crippen LogP contribution is -2.20. The maximum absolute atomic E-state index is 12.0. The minimum atomic E-state index is -3.35. The molecule has 0 saturated heterocycles. The van der Waals surface area contributed by atoms with Gasteiger partial charge in [-0.05, 0) is 31.0 Å². The number of anilines is 1. The maximum Gasteiger partial charge on any atom is 0.227 e. The predicted octanol–water partition coefficient (Wildman–Crippen LogP) is 2.31. The average molecular weight is 297 g/mol. The normalized spacial score (nSPS) is 16.2.